The molecule has 0 bridgehead atoms. The number of rotatable bonds is 9. The minimum Gasteiger partial charge on any atom is -0.482 e. The topological polar surface area (TPSA) is 134 Å². The Morgan fingerprint density at radius 3 is 2.60 bits per heavy atom. The van der Waals surface area contributed by atoms with Crippen LogP contribution in [-0.2, 0) is 20.8 Å². The van der Waals surface area contributed by atoms with Crippen LogP contribution >= 0.6 is 12.4 Å². The Labute approximate surface area is 204 Å². The van der Waals surface area contributed by atoms with E-state index in [0.29, 0.717) is 17.8 Å². The molecule has 4 N–H and O–H groups in total. The molecule has 35 heavy (non-hydrogen) atoms. The molecular weight excluding hydrogens is 493 g/mol. The van der Waals surface area contributed by atoms with Gasteiger partial charge < -0.3 is 20.9 Å². The molecule has 0 saturated heterocycles. The van der Waals surface area contributed by atoms with Crippen LogP contribution in [0.4, 0.5) is 18.9 Å². The normalized spacial score (nSPS) is 15.3. The van der Waals surface area contributed by atoms with Gasteiger partial charge in [-0.15, -0.1) is 12.4 Å². The van der Waals surface area contributed by atoms with Crippen LogP contribution in [0.2, 0.25) is 0 Å². The molecule has 0 spiro atoms. The second-order valence-corrected chi connectivity index (χ2v) is 7.51. The standard InChI is InChI=1S/C22H21F3N4O5.ClH/c23-16-10-18(25)17(24)7-12(16)6-13(26)8-20(30)29-19(4-5-27-29)22(33)28-14-2-1-3-15(9-14)34-11-21(31)32;/h1-3,5,7,9-10,13,19H,4,6,8,11,26H2,(H,28,33)(H,31,32);1H/t13-,19?;/m1./s1. The van der Waals surface area contributed by atoms with Crippen molar-refractivity contribution in [2.75, 3.05) is 11.9 Å². The van der Waals surface area contributed by atoms with E-state index < -0.39 is 53.9 Å². The van der Waals surface area contributed by atoms with Gasteiger partial charge in [-0.05, 0) is 30.2 Å². The number of anilines is 1. The van der Waals surface area contributed by atoms with E-state index in [1.165, 1.54) is 18.3 Å². The number of aliphatic carboxylic acids is 1. The zero-order valence-electron chi connectivity index (χ0n) is 18.1. The number of nitrogens with zero attached hydrogens (tertiary/aromatic N) is 2. The fourth-order valence-electron chi connectivity index (χ4n) is 3.30. The summed E-state index contributed by atoms with van der Waals surface area (Å²) in [5.41, 5.74) is 6.04. The fraction of sp³-hybridized carbons (Fsp3) is 0.273. The van der Waals surface area contributed by atoms with Gasteiger partial charge in [0.2, 0.25) is 11.8 Å². The summed E-state index contributed by atoms with van der Waals surface area (Å²) in [5.74, 6) is -5.63. The monoisotopic (exact) mass is 514 g/mol. The summed E-state index contributed by atoms with van der Waals surface area (Å²) in [4.78, 5) is 36.0. The Bertz CT molecular complexity index is 1130. The highest BCUT2D eigenvalue weighted by atomic mass is 35.5. The molecule has 1 aliphatic rings. The van der Waals surface area contributed by atoms with E-state index in [2.05, 4.69) is 10.4 Å². The summed E-state index contributed by atoms with van der Waals surface area (Å²) in [6, 6.07) is 5.24. The first-order valence-corrected chi connectivity index (χ1v) is 10.1. The highest BCUT2D eigenvalue weighted by molar-refractivity contribution is 5.99. The van der Waals surface area contributed by atoms with E-state index in [1.807, 2.05) is 0 Å². The number of hydrazone groups is 1. The third-order valence-electron chi connectivity index (χ3n) is 4.86. The van der Waals surface area contributed by atoms with Gasteiger partial charge in [0.05, 0.1) is 0 Å². The Kier molecular flexibility index (Phi) is 9.60. The van der Waals surface area contributed by atoms with Crippen LogP contribution in [0.15, 0.2) is 41.5 Å². The zero-order valence-corrected chi connectivity index (χ0v) is 18.9. The smallest absolute Gasteiger partial charge is 0.341 e. The molecule has 0 saturated carbocycles. The molecule has 0 radical (unpaired) electrons. The number of carboxylic acid groups (broad SMARTS) is 1. The highest BCUT2D eigenvalue weighted by Crippen LogP contribution is 2.21. The molecule has 9 nitrogen and oxygen atoms in total. The van der Waals surface area contributed by atoms with E-state index in [0.717, 1.165) is 5.01 Å². The van der Waals surface area contributed by atoms with Gasteiger partial charge in [-0.3, -0.25) is 9.59 Å². The number of nitrogens with one attached hydrogen (secondary N) is 1. The Hall–Kier alpha value is -3.64. The first kappa shape index (κ1) is 27.6. The second-order valence-electron chi connectivity index (χ2n) is 7.51. The van der Waals surface area contributed by atoms with Crippen molar-refractivity contribution in [2.24, 2.45) is 10.8 Å². The lowest BCUT2D eigenvalue weighted by molar-refractivity contribution is -0.139. The summed E-state index contributed by atoms with van der Waals surface area (Å²) in [5, 5.41) is 16.2. The molecule has 1 heterocycles. The maximum atomic E-state index is 13.8. The number of halogens is 4. The maximum absolute atomic E-state index is 13.8. The van der Waals surface area contributed by atoms with Crippen molar-refractivity contribution < 1.29 is 37.4 Å². The van der Waals surface area contributed by atoms with E-state index in [-0.39, 0.29) is 43.0 Å². The number of carbonyl (C=O) groups is 3. The summed E-state index contributed by atoms with van der Waals surface area (Å²) in [7, 11) is 0. The molecule has 1 aliphatic heterocycles. The number of hydrogen-bond acceptors (Lipinski definition) is 6. The predicted octanol–water partition coefficient (Wildman–Crippen LogP) is 2.47. The third kappa shape index (κ3) is 7.42. The lowest BCUT2D eigenvalue weighted by Gasteiger charge is -2.23. The average molecular weight is 515 g/mol. The molecule has 2 aromatic rings. The van der Waals surface area contributed by atoms with Crippen LogP contribution in [0, 0.1) is 17.5 Å². The van der Waals surface area contributed by atoms with Gasteiger partial charge in [-0.25, -0.2) is 23.0 Å². The largest absolute Gasteiger partial charge is 0.482 e. The van der Waals surface area contributed by atoms with E-state index in [4.69, 9.17) is 15.6 Å². The number of ether oxygens (including phenoxy) is 1. The van der Waals surface area contributed by atoms with E-state index in [9.17, 15) is 27.6 Å². The highest BCUT2D eigenvalue weighted by Gasteiger charge is 2.33. The fourth-order valence-corrected chi connectivity index (χ4v) is 3.30. The average Bonchev–Trinajstić information content (AvgIpc) is 3.27. The van der Waals surface area contributed by atoms with Crippen LogP contribution in [-0.4, -0.2) is 52.8 Å². The van der Waals surface area contributed by atoms with Crippen LogP contribution < -0.4 is 15.8 Å². The minimum atomic E-state index is -1.33. The predicted molar refractivity (Wildman–Crippen MR) is 122 cm³/mol. The van der Waals surface area contributed by atoms with Crippen LogP contribution in [0.5, 0.6) is 5.75 Å². The van der Waals surface area contributed by atoms with E-state index >= 15 is 0 Å². The summed E-state index contributed by atoms with van der Waals surface area (Å²) < 4.78 is 45.4. The summed E-state index contributed by atoms with van der Waals surface area (Å²) in [6.45, 7) is -0.551. The number of carbonyl (C=O) groups excluding carboxylic acids is 2. The van der Waals surface area contributed by atoms with Crippen molar-refractivity contribution in [2.45, 2.75) is 31.3 Å². The first-order valence-electron chi connectivity index (χ1n) is 10.1. The molecule has 2 amide bonds. The lowest BCUT2D eigenvalue weighted by atomic mass is 10.0. The van der Waals surface area contributed by atoms with Crippen molar-refractivity contribution in [3.63, 3.8) is 0 Å². The molecule has 188 valence electrons. The third-order valence-corrected chi connectivity index (χ3v) is 4.86. The molecule has 1 unspecified atom stereocenters. The molecule has 3 rings (SSSR count). The van der Waals surface area contributed by atoms with Gasteiger partial charge >= 0.3 is 5.97 Å². The van der Waals surface area contributed by atoms with Crippen LogP contribution in [0.3, 0.4) is 0 Å². The van der Waals surface area contributed by atoms with Gasteiger partial charge in [0.15, 0.2) is 18.2 Å². The van der Waals surface area contributed by atoms with Crippen LogP contribution in [0.25, 0.3) is 0 Å². The molecule has 2 atom stereocenters. The molecule has 13 heteroatoms. The van der Waals surface area contributed by atoms with Gasteiger partial charge in [0.25, 0.3) is 0 Å². The second kappa shape index (κ2) is 12.2. The number of benzene rings is 2. The van der Waals surface area contributed by atoms with Crippen molar-refractivity contribution >= 4 is 42.1 Å². The van der Waals surface area contributed by atoms with Gasteiger partial charge in [0.1, 0.15) is 17.6 Å². The lowest BCUT2D eigenvalue weighted by Crippen LogP contribution is -2.43. The molecule has 2 aromatic carbocycles. The van der Waals surface area contributed by atoms with Gasteiger partial charge in [-0.2, -0.15) is 5.10 Å². The maximum Gasteiger partial charge on any atom is 0.341 e. The van der Waals surface area contributed by atoms with Crippen LogP contribution in [0.1, 0.15) is 18.4 Å². The van der Waals surface area contributed by atoms with E-state index in [1.54, 1.807) is 12.1 Å². The number of carboxylic acids is 1. The van der Waals surface area contributed by atoms with Crippen molar-refractivity contribution in [3.8, 4) is 5.75 Å². The Balaban J connectivity index is 0.00000432. The quantitative estimate of drug-likeness (QED) is 0.440. The molecule has 0 fully saturated rings. The van der Waals surface area contributed by atoms with Crippen molar-refractivity contribution in [1.29, 1.82) is 0 Å². The van der Waals surface area contributed by atoms with Crippen molar-refractivity contribution in [1.82, 2.24) is 5.01 Å². The summed E-state index contributed by atoms with van der Waals surface area (Å²) in [6.07, 6.45) is 0.972. The summed E-state index contributed by atoms with van der Waals surface area (Å²) >= 11 is 0. The van der Waals surface area contributed by atoms with Crippen molar-refractivity contribution in [3.05, 3.63) is 59.4 Å². The molecule has 0 aromatic heterocycles. The number of nitrogens with two attached hydrogens (primary N) is 1. The Morgan fingerprint density at radius 1 is 1.17 bits per heavy atom. The Morgan fingerprint density at radius 2 is 1.89 bits per heavy atom. The minimum absolute atomic E-state index is 0. The zero-order chi connectivity index (χ0) is 24.8. The van der Waals surface area contributed by atoms with Gasteiger partial charge in [-0.1, -0.05) is 6.07 Å². The molecular formula is C22H22ClF3N4O5. The SMILES string of the molecule is Cl.N[C@@H](CC(=O)N1N=CCC1C(=O)Nc1cccc(OCC(=O)O)c1)Cc1cc(F)c(F)cc1F. The van der Waals surface area contributed by atoms with Gasteiger partial charge in [0, 0.05) is 42.9 Å². The number of hydrogen-bond donors (Lipinski definition) is 3. The number of amides is 2. The molecule has 0 aliphatic carbocycles. The first-order chi connectivity index (χ1) is 16.1.